The highest BCUT2D eigenvalue weighted by Gasteiger charge is 2.25. The van der Waals surface area contributed by atoms with Gasteiger partial charge in [-0.15, -0.1) is 0 Å². The first-order chi connectivity index (χ1) is 7.83. The van der Waals surface area contributed by atoms with Crippen LogP contribution in [0, 0.1) is 0 Å². The normalized spacial score (nSPS) is 11.2. The van der Waals surface area contributed by atoms with Crippen molar-refractivity contribution >= 4 is 21.5 Å². The van der Waals surface area contributed by atoms with Gasteiger partial charge >= 0.3 is 5.97 Å². The molecule has 0 saturated carbocycles. The van der Waals surface area contributed by atoms with Gasteiger partial charge in [-0.2, -0.15) is 0 Å². The van der Waals surface area contributed by atoms with Crippen LogP contribution in [0.4, 0.5) is 5.69 Å². The van der Waals surface area contributed by atoms with Gasteiger partial charge in [-0.25, -0.2) is 13.2 Å². The Morgan fingerprint density at radius 1 is 1.47 bits per heavy atom. The Bertz CT molecular complexity index is 550. The molecule has 0 bridgehead atoms. The van der Waals surface area contributed by atoms with Crippen molar-refractivity contribution < 1.29 is 23.1 Å². The second-order valence-corrected chi connectivity index (χ2v) is 5.52. The zero-order valence-corrected chi connectivity index (χ0v) is 10.2. The minimum absolute atomic E-state index is 0.122. The molecule has 0 fully saturated rings. The van der Waals surface area contributed by atoms with Crippen LogP contribution in [0.5, 0.6) is 5.75 Å². The summed E-state index contributed by atoms with van der Waals surface area (Å²) in [6.07, 6.45) is 0. The number of aromatic carboxylic acids is 1. The Labute approximate surface area is 98.9 Å². The number of methoxy groups -OCH3 is 1. The third-order valence-corrected chi connectivity index (χ3v) is 4.09. The maximum Gasteiger partial charge on any atom is 0.337 e. The van der Waals surface area contributed by atoms with E-state index >= 15 is 0 Å². The molecule has 94 valence electrons. The molecule has 0 aromatic heterocycles. The Morgan fingerprint density at radius 2 is 2.06 bits per heavy atom. The Morgan fingerprint density at radius 3 is 2.47 bits per heavy atom. The highest BCUT2D eigenvalue weighted by atomic mass is 32.2. The van der Waals surface area contributed by atoms with Crippen molar-refractivity contribution in [2.24, 2.45) is 0 Å². The first-order valence-electron chi connectivity index (χ1n) is 4.77. The van der Waals surface area contributed by atoms with Crippen LogP contribution in [-0.4, -0.2) is 32.4 Å². The number of hydrogen-bond acceptors (Lipinski definition) is 5. The third kappa shape index (κ3) is 2.50. The van der Waals surface area contributed by atoms with Gasteiger partial charge < -0.3 is 15.6 Å². The molecule has 0 amide bonds. The van der Waals surface area contributed by atoms with Crippen LogP contribution in [-0.2, 0) is 9.84 Å². The number of anilines is 1. The molecule has 0 aliphatic rings. The van der Waals surface area contributed by atoms with Gasteiger partial charge in [-0.3, -0.25) is 0 Å². The number of nitrogen functional groups attached to an aromatic ring is 1. The van der Waals surface area contributed by atoms with E-state index in [0.29, 0.717) is 0 Å². The van der Waals surface area contributed by atoms with Crippen molar-refractivity contribution in [2.45, 2.75) is 11.8 Å². The molecule has 0 atom stereocenters. The molecular formula is C10H13NO5S. The zero-order chi connectivity index (χ0) is 13.2. The number of hydrogen-bond donors (Lipinski definition) is 2. The van der Waals surface area contributed by atoms with Crippen LogP contribution >= 0.6 is 0 Å². The number of nitrogens with two attached hydrogens (primary N) is 1. The number of rotatable bonds is 4. The summed E-state index contributed by atoms with van der Waals surface area (Å²) < 4.78 is 28.4. The smallest absolute Gasteiger partial charge is 0.337 e. The van der Waals surface area contributed by atoms with E-state index < -0.39 is 15.8 Å². The van der Waals surface area contributed by atoms with Crippen molar-refractivity contribution in [2.75, 3.05) is 18.6 Å². The minimum atomic E-state index is -3.69. The first-order valence-corrected chi connectivity index (χ1v) is 6.42. The van der Waals surface area contributed by atoms with Gasteiger partial charge in [0, 0.05) is 6.07 Å². The lowest BCUT2D eigenvalue weighted by Crippen LogP contribution is -2.14. The molecule has 0 heterocycles. The quantitative estimate of drug-likeness (QED) is 0.773. The fraction of sp³-hybridized carbons (Fsp3) is 0.300. The van der Waals surface area contributed by atoms with Crippen LogP contribution in [0.25, 0.3) is 0 Å². The van der Waals surface area contributed by atoms with E-state index in [2.05, 4.69) is 0 Å². The van der Waals surface area contributed by atoms with E-state index in [9.17, 15) is 13.2 Å². The molecule has 17 heavy (non-hydrogen) atoms. The molecule has 0 spiro atoms. The summed E-state index contributed by atoms with van der Waals surface area (Å²) in [5.74, 6) is -1.37. The Hall–Kier alpha value is -1.76. The van der Waals surface area contributed by atoms with E-state index in [-0.39, 0.29) is 27.6 Å². The highest BCUT2D eigenvalue weighted by molar-refractivity contribution is 7.91. The number of carboxylic acid groups (broad SMARTS) is 1. The topological polar surface area (TPSA) is 107 Å². The van der Waals surface area contributed by atoms with E-state index in [1.807, 2.05) is 0 Å². The monoisotopic (exact) mass is 259 g/mol. The summed E-state index contributed by atoms with van der Waals surface area (Å²) in [4.78, 5) is 10.7. The SMILES string of the molecule is CCS(=O)(=O)c1c(N)cc(OC)cc1C(=O)O. The van der Waals surface area contributed by atoms with Crippen molar-refractivity contribution in [1.29, 1.82) is 0 Å². The van der Waals surface area contributed by atoms with Crippen LogP contribution < -0.4 is 10.5 Å². The molecule has 3 N–H and O–H groups in total. The van der Waals surface area contributed by atoms with Gasteiger partial charge in [-0.05, 0) is 6.07 Å². The summed E-state index contributed by atoms with van der Waals surface area (Å²) >= 11 is 0. The first kappa shape index (κ1) is 13.3. The molecule has 0 aliphatic heterocycles. The predicted octanol–water partition coefficient (Wildman–Crippen LogP) is 0.769. The summed E-state index contributed by atoms with van der Waals surface area (Å²) in [7, 11) is -2.35. The van der Waals surface area contributed by atoms with E-state index in [4.69, 9.17) is 15.6 Å². The average Bonchev–Trinajstić information content (AvgIpc) is 2.27. The standard InChI is InChI=1S/C10H13NO5S/c1-3-17(14,15)9-7(10(12)13)4-6(16-2)5-8(9)11/h4-5H,3,11H2,1-2H3,(H,12,13). The van der Waals surface area contributed by atoms with Gasteiger partial charge in [0.15, 0.2) is 9.84 Å². The van der Waals surface area contributed by atoms with Crippen molar-refractivity contribution in [3.05, 3.63) is 17.7 Å². The Balaban J connectivity index is 3.65. The van der Waals surface area contributed by atoms with Gasteiger partial charge in [0.05, 0.1) is 24.1 Å². The number of benzene rings is 1. The van der Waals surface area contributed by atoms with Crippen molar-refractivity contribution in [3.8, 4) is 5.75 Å². The van der Waals surface area contributed by atoms with Crippen LogP contribution in [0.15, 0.2) is 17.0 Å². The minimum Gasteiger partial charge on any atom is -0.497 e. The molecule has 0 radical (unpaired) electrons. The second kappa shape index (κ2) is 4.62. The molecule has 0 unspecified atom stereocenters. The summed E-state index contributed by atoms with van der Waals surface area (Å²) in [5.41, 5.74) is 5.08. The molecule has 1 rings (SSSR count). The summed E-state index contributed by atoms with van der Waals surface area (Å²) in [6.45, 7) is 1.42. The van der Waals surface area contributed by atoms with E-state index in [1.165, 1.54) is 20.1 Å². The molecule has 0 aliphatic carbocycles. The number of carbonyl (C=O) groups is 1. The fourth-order valence-electron chi connectivity index (χ4n) is 1.39. The second-order valence-electron chi connectivity index (χ2n) is 3.30. The van der Waals surface area contributed by atoms with Crippen LogP contribution in [0.3, 0.4) is 0 Å². The maximum absolute atomic E-state index is 11.8. The number of ether oxygens (including phenoxy) is 1. The molecule has 1 aromatic carbocycles. The molecular weight excluding hydrogens is 246 g/mol. The number of carboxylic acids is 1. The van der Waals surface area contributed by atoms with E-state index in [1.54, 1.807) is 0 Å². The predicted molar refractivity (Wildman–Crippen MR) is 62.1 cm³/mol. The molecule has 0 saturated heterocycles. The van der Waals surface area contributed by atoms with Crippen molar-refractivity contribution in [3.63, 3.8) is 0 Å². The lowest BCUT2D eigenvalue weighted by atomic mass is 10.2. The molecule has 1 aromatic rings. The van der Waals surface area contributed by atoms with Crippen LogP contribution in [0.2, 0.25) is 0 Å². The largest absolute Gasteiger partial charge is 0.497 e. The van der Waals surface area contributed by atoms with Crippen molar-refractivity contribution in [1.82, 2.24) is 0 Å². The van der Waals surface area contributed by atoms with E-state index in [0.717, 1.165) is 6.07 Å². The zero-order valence-electron chi connectivity index (χ0n) is 9.43. The molecule has 7 heteroatoms. The third-order valence-electron chi connectivity index (χ3n) is 2.25. The maximum atomic E-state index is 11.8. The van der Waals surface area contributed by atoms with Gasteiger partial charge in [0.2, 0.25) is 0 Å². The molecule has 6 nitrogen and oxygen atoms in total. The summed E-state index contributed by atoms with van der Waals surface area (Å²) in [6, 6.07) is 2.43. The number of sulfone groups is 1. The van der Waals surface area contributed by atoms with Gasteiger partial charge in [0.25, 0.3) is 0 Å². The lowest BCUT2D eigenvalue weighted by molar-refractivity contribution is 0.0692. The van der Waals surface area contributed by atoms with Crippen LogP contribution in [0.1, 0.15) is 17.3 Å². The van der Waals surface area contributed by atoms with Gasteiger partial charge in [0.1, 0.15) is 10.6 Å². The average molecular weight is 259 g/mol. The van der Waals surface area contributed by atoms with Gasteiger partial charge in [-0.1, -0.05) is 6.92 Å². The fourth-order valence-corrected chi connectivity index (χ4v) is 2.58. The Kier molecular flexibility index (Phi) is 3.62. The highest BCUT2D eigenvalue weighted by Crippen LogP contribution is 2.29. The lowest BCUT2D eigenvalue weighted by Gasteiger charge is -2.11. The summed E-state index contributed by atoms with van der Waals surface area (Å²) in [5, 5.41) is 8.99.